The summed E-state index contributed by atoms with van der Waals surface area (Å²) < 4.78 is 1.54. The van der Waals surface area contributed by atoms with Gasteiger partial charge in [-0.1, -0.05) is 29.0 Å². The predicted octanol–water partition coefficient (Wildman–Crippen LogP) is 2.22. The molecule has 0 bridgehead atoms. The van der Waals surface area contributed by atoms with Crippen molar-refractivity contribution < 1.29 is 4.79 Å². The minimum absolute atomic E-state index is 0.000607. The number of anilines is 1. The van der Waals surface area contributed by atoms with E-state index in [-0.39, 0.29) is 17.3 Å². The van der Waals surface area contributed by atoms with Crippen molar-refractivity contribution >= 4 is 34.5 Å². The van der Waals surface area contributed by atoms with Gasteiger partial charge in [0.25, 0.3) is 0 Å². The van der Waals surface area contributed by atoms with E-state index < -0.39 is 0 Å². The van der Waals surface area contributed by atoms with E-state index in [1.54, 1.807) is 5.38 Å². The fourth-order valence-corrected chi connectivity index (χ4v) is 3.64. The number of hydrogen-bond donors (Lipinski definition) is 0. The first-order valence-corrected chi connectivity index (χ1v) is 8.73. The molecule has 23 heavy (non-hydrogen) atoms. The van der Waals surface area contributed by atoms with E-state index in [4.69, 9.17) is 11.6 Å². The van der Waals surface area contributed by atoms with Crippen molar-refractivity contribution in [2.24, 2.45) is 0 Å². The number of aromatic nitrogens is 1. The standard InChI is InChI=1S/C16H18ClN3O2S/c1-12-11-23-16(22)20(12)10-15(21)19-7-5-18(6-8-19)14-4-2-3-13(17)9-14/h2-4,9,11H,5-8,10H2,1H3. The number of amides is 1. The Morgan fingerprint density at radius 1 is 1.26 bits per heavy atom. The van der Waals surface area contributed by atoms with E-state index in [2.05, 4.69) is 4.90 Å². The summed E-state index contributed by atoms with van der Waals surface area (Å²) in [4.78, 5) is 28.1. The average molecular weight is 352 g/mol. The van der Waals surface area contributed by atoms with E-state index in [0.29, 0.717) is 18.1 Å². The maximum Gasteiger partial charge on any atom is 0.307 e. The molecule has 5 nitrogen and oxygen atoms in total. The monoisotopic (exact) mass is 351 g/mol. The lowest BCUT2D eigenvalue weighted by Crippen LogP contribution is -2.50. The molecule has 1 fully saturated rings. The van der Waals surface area contributed by atoms with Gasteiger partial charge in [0, 0.05) is 48.0 Å². The van der Waals surface area contributed by atoms with Gasteiger partial charge < -0.3 is 9.80 Å². The van der Waals surface area contributed by atoms with E-state index in [0.717, 1.165) is 35.8 Å². The van der Waals surface area contributed by atoms with Crippen LogP contribution in [0.4, 0.5) is 5.69 Å². The maximum absolute atomic E-state index is 12.4. The normalized spacial score (nSPS) is 15.0. The third kappa shape index (κ3) is 3.59. The number of piperazine rings is 1. The largest absolute Gasteiger partial charge is 0.368 e. The first kappa shape index (κ1) is 16.1. The molecule has 0 unspecified atom stereocenters. The Morgan fingerprint density at radius 3 is 2.61 bits per heavy atom. The highest BCUT2D eigenvalue weighted by molar-refractivity contribution is 7.07. The van der Waals surface area contributed by atoms with Gasteiger partial charge in [0.05, 0.1) is 0 Å². The summed E-state index contributed by atoms with van der Waals surface area (Å²) in [6, 6.07) is 7.75. The first-order chi connectivity index (χ1) is 11.0. The van der Waals surface area contributed by atoms with Crippen LogP contribution in [0.5, 0.6) is 0 Å². The average Bonchev–Trinajstić information content (AvgIpc) is 2.87. The predicted molar refractivity (Wildman–Crippen MR) is 93.6 cm³/mol. The summed E-state index contributed by atoms with van der Waals surface area (Å²) in [5.74, 6) is -0.000607. The van der Waals surface area contributed by atoms with Crippen molar-refractivity contribution in [2.45, 2.75) is 13.5 Å². The molecule has 0 saturated carbocycles. The molecule has 0 N–H and O–H groups in total. The number of benzene rings is 1. The molecule has 122 valence electrons. The molecule has 2 aromatic rings. The molecular formula is C16H18ClN3O2S. The fourth-order valence-electron chi connectivity index (χ4n) is 2.72. The Labute approximate surface area is 143 Å². The number of carbonyl (C=O) groups excluding carboxylic acids is 1. The number of hydrogen-bond acceptors (Lipinski definition) is 4. The van der Waals surface area contributed by atoms with Gasteiger partial charge in [0.1, 0.15) is 6.54 Å². The number of aryl methyl sites for hydroxylation is 1. The van der Waals surface area contributed by atoms with Crippen molar-refractivity contribution in [1.82, 2.24) is 9.47 Å². The first-order valence-electron chi connectivity index (χ1n) is 7.48. The zero-order valence-corrected chi connectivity index (χ0v) is 14.4. The highest BCUT2D eigenvalue weighted by atomic mass is 35.5. The van der Waals surface area contributed by atoms with Crippen LogP contribution < -0.4 is 9.77 Å². The zero-order chi connectivity index (χ0) is 16.4. The highest BCUT2D eigenvalue weighted by Crippen LogP contribution is 2.20. The van der Waals surface area contributed by atoms with Crippen molar-refractivity contribution in [2.75, 3.05) is 31.1 Å². The second-order valence-corrected chi connectivity index (χ2v) is 6.83. The molecule has 1 amide bonds. The molecule has 1 aromatic carbocycles. The van der Waals surface area contributed by atoms with Gasteiger partial charge in [-0.2, -0.15) is 0 Å². The van der Waals surface area contributed by atoms with Crippen molar-refractivity contribution in [3.8, 4) is 0 Å². The third-order valence-corrected chi connectivity index (χ3v) is 5.19. The SMILES string of the molecule is Cc1csc(=O)n1CC(=O)N1CCN(c2cccc(Cl)c2)CC1. The van der Waals surface area contributed by atoms with Gasteiger partial charge in [-0.3, -0.25) is 14.2 Å². The minimum atomic E-state index is -0.0755. The fraction of sp³-hybridized carbons (Fsp3) is 0.375. The highest BCUT2D eigenvalue weighted by Gasteiger charge is 2.22. The lowest BCUT2D eigenvalue weighted by atomic mass is 10.2. The Morgan fingerprint density at radius 2 is 2.00 bits per heavy atom. The molecular weight excluding hydrogens is 334 g/mol. The lowest BCUT2D eigenvalue weighted by Gasteiger charge is -2.36. The van der Waals surface area contributed by atoms with E-state index in [9.17, 15) is 9.59 Å². The summed E-state index contributed by atoms with van der Waals surface area (Å²) in [5, 5.41) is 2.50. The summed E-state index contributed by atoms with van der Waals surface area (Å²) in [6.45, 7) is 4.83. The summed E-state index contributed by atoms with van der Waals surface area (Å²) >= 11 is 7.16. The molecule has 0 atom stereocenters. The molecule has 1 aromatic heterocycles. The number of nitrogens with zero attached hydrogens (tertiary/aromatic N) is 3. The van der Waals surface area contributed by atoms with Gasteiger partial charge in [0.15, 0.2) is 0 Å². The quantitative estimate of drug-likeness (QED) is 0.851. The second-order valence-electron chi connectivity index (χ2n) is 5.58. The Bertz CT molecular complexity index is 763. The maximum atomic E-state index is 12.4. The van der Waals surface area contributed by atoms with Gasteiger partial charge in [-0.05, 0) is 25.1 Å². The van der Waals surface area contributed by atoms with Crippen LogP contribution in [-0.2, 0) is 11.3 Å². The van der Waals surface area contributed by atoms with Crippen LogP contribution in [0.2, 0.25) is 5.02 Å². The molecule has 7 heteroatoms. The lowest BCUT2D eigenvalue weighted by molar-refractivity contribution is -0.132. The molecule has 0 spiro atoms. The minimum Gasteiger partial charge on any atom is -0.368 e. The molecule has 1 saturated heterocycles. The van der Waals surface area contributed by atoms with Crippen LogP contribution in [0, 0.1) is 6.92 Å². The molecule has 1 aliphatic heterocycles. The van der Waals surface area contributed by atoms with Gasteiger partial charge in [-0.25, -0.2) is 0 Å². The number of carbonyl (C=O) groups is 1. The van der Waals surface area contributed by atoms with Gasteiger partial charge >= 0.3 is 4.87 Å². The third-order valence-electron chi connectivity index (χ3n) is 4.08. The Hall–Kier alpha value is -1.79. The van der Waals surface area contributed by atoms with Crippen LogP contribution in [0.3, 0.4) is 0 Å². The van der Waals surface area contributed by atoms with E-state index >= 15 is 0 Å². The zero-order valence-electron chi connectivity index (χ0n) is 12.9. The van der Waals surface area contributed by atoms with Crippen molar-refractivity contribution in [3.63, 3.8) is 0 Å². The van der Waals surface area contributed by atoms with E-state index in [1.807, 2.05) is 36.1 Å². The second kappa shape index (κ2) is 6.76. The van der Waals surface area contributed by atoms with Crippen LogP contribution in [0.1, 0.15) is 5.69 Å². The number of rotatable bonds is 3. The van der Waals surface area contributed by atoms with Crippen LogP contribution >= 0.6 is 22.9 Å². The van der Waals surface area contributed by atoms with Gasteiger partial charge in [0.2, 0.25) is 5.91 Å². The van der Waals surface area contributed by atoms with Gasteiger partial charge in [-0.15, -0.1) is 0 Å². The van der Waals surface area contributed by atoms with E-state index in [1.165, 1.54) is 4.57 Å². The molecule has 0 radical (unpaired) electrons. The van der Waals surface area contributed by atoms with Crippen molar-refractivity contribution in [1.29, 1.82) is 0 Å². The number of thiazole rings is 1. The molecule has 1 aliphatic rings. The summed E-state index contributed by atoms with van der Waals surface area (Å²) in [5.41, 5.74) is 1.92. The van der Waals surface area contributed by atoms with Crippen molar-refractivity contribution in [3.05, 3.63) is 50.0 Å². The molecule has 2 heterocycles. The van der Waals surface area contributed by atoms with Crippen LogP contribution in [-0.4, -0.2) is 41.6 Å². The molecule has 3 rings (SSSR count). The Balaban J connectivity index is 1.60. The summed E-state index contributed by atoms with van der Waals surface area (Å²) in [6.07, 6.45) is 0. The summed E-state index contributed by atoms with van der Waals surface area (Å²) in [7, 11) is 0. The smallest absolute Gasteiger partial charge is 0.307 e. The molecule has 0 aliphatic carbocycles. The topological polar surface area (TPSA) is 45.6 Å². The number of halogens is 1. The van der Waals surface area contributed by atoms with Crippen LogP contribution in [0.15, 0.2) is 34.4 Å². The van der Waals surface area contributed by atoms with Crippen LogP contribution in [0.25, 0.3) is 0 Å². The Kier molecular flexibility index (Phi) is 4.73.